The number of rotatable bonds is 7. The first-order valence-electron chi connectivity index (χ1n) is 5.04. The molecule has 0 heterocycles. The van der Waals surface area contributed by atoms with Crippen LogP contribution in [-0.2, 0) is 0 Å². The van der Waals surface area contributed by atoms with E-state index in [0.29, 0.717) is 0 Å². The lowest BCUT2D eigenvalue weighted by atomic mass is 10.0. The average molecular weight is 166 g/mol. The van der Waals surface area contributed by atoms with Gasteiger partial charge >= 0.3 is 0 Å². The molecule has 0 rings (SSSR count). The van der Waals surface area contributed by atoms with Crippen molar-refractivity contribution in [2.45, 2.75) is 51.9 Å². The molecule has 0 aliphatic rings. The van der Waals surface area contributed by atoms with Gasteiger partial charge in [0, 0.05) is 5.92 Å². The second-order valence-electron chi connectivity index (χ2n) is 3.38. The van der Waals surface area contributed by atoms with Crippen LogP contribution in [0.25, 0.3) is 0 Å². The zero-order valence-electron chi connectivity index (χ0n) is 8.18. The number of unbranched alkanes of at least 4 members (excludes halogenated alkanes) is 5. The molecule has 69 valence electrons. The van der Waals surface area contributed by atoms with Gasteiger partial charge in [0.05, 0.1) is 6.07 Å². The Morgan fingerprint density at radius 3 is 2.33 bits per heavy atom. The summed E-state index contributed by atoms with van der Waals surface area (Å²) in [4.78, 5) is 0. The molecule has 0 aromatic rings. The predicted molar refractivity (Wildman–Crippen MR) is 52.5 cm³/mol. The van der Waals surface area contributed by atoms with Gasteiger partial charge in [-0.25, -0.2) is 0 Å². The fourth-order valence-electron chi connectivity index (χ4n) is 1.24. The van der Waals surface area contributed by atoms with E-state index in [4.69, 9.17) is 5.26 Å². The van der Waals surface area contributed by atoms with Gasteiger partial charge in [0.1, 0.15) is 0 Å². The normalized spacial score (nSPS) is 12.4. The Morgan fingerprint density at radius 1 is 1.17 bits per heavy atom. The Hall–Kier alpha value is -0.510. The van der Waals surface area contributed by atoms with Crippen LogP contribution in [0.4, 0.5) is 0 Å². The molecule has 0 aliphatic carbocycles. The minimum atomic E-state index is 0.0103. The summed E-state index contributed by atoms with van der Waals surface area (Å²) in [6.45, 7) is 5.95. The van der Waals surface area contributed by atoms with Gasteiger partial charge in [0.2, 0.25) is 0 Å². The van der Waals surface area contributed by atoms with Crippen LogP contribution >= 0.6 is 0 Å². The summed E-state index contributed by atoms with van der Waals surface area (Å²) in [6.07, 6.45) is 8.75. The van der Waals surface area contributed by atoms with Crippen LogP contribution in [0.3, 0.4) is 0 Å². The molecule has 0 aliphatic heterocycles. The third-order valence-electron chi connectivity index (χ3n) is 2.09. The van der Waals surface area contributed by atoms with Crippen LogP contribution in [0.2, 0.25) is 0 Å². The van der Waals surface area contributed by atoms with E-state index in [-0.39, 0.29) is 5.92 Å². The molecule has 0 saturated carbocycles. The van der Waals surface area contributed by atoms with Gasteiger partial charge in [0.25, 0.3) is 0 Å². The molecule has 0 fully saturated rings. The van der Waals surface area contributed by atoms with E-state index in [1.165, 1.54) is 38.5 Å². The maximum atomic E-state index is 8.46. The zero-order chi connectivity index (χ0) is 9.23. The summed E-state index contributed by atoms with van der Waals surface area (Å²) in [6, 6.07) is 2.16. The van der Waals surface area contributed by atoms with Gasteiger partial charge in [0.15, 0.2) is 0 Å². The van der Waals surface area contributed by atoms with E-state index >= 15 is 0 Å². The van der Waals surface area contributed by atoms with Crippen LogP contribution in [0, 0.1) is 24.2 Å². The molecule has 0 aromatic heterocycles. The van der Waals surface area contributed by atoms with Crippen molar-refractivity contribution in [2.24, 2.45) is 5.92 Å². The first kappa shape index (κ1) is 11.5. The highest BCUT2D eigenvalue weighted by molar-refractivity contribution is 4.83. The molecule has 0 bridgehead atoms. The first-order chi connectivity index (χ1) is 5.81. The van der Waals surface area contributed by atoms with Crippen LogP contribution in [0.15, 0.2) is 0 Å². The highest BCUT2D eigenvalue weighted by Crippen LogP contribution is 2.10. The molecule has 1 unspecified atom stereocenters. The second kappa shape index (κ2) is 8.59. The summed E-state index contributed by atoms with van der Waals surface area (Å²) < 4.78 is 0. The lowest BCUT2D eigenvalue weighted by molar-refractivity contribution is 0.566. The van der Waals surface area contributed by atoms with Crippen molar-refractivity contribution < 1.29 is 0 Å². The summed E-state index contributed by atoms with van der Waals surface area (Å²) in [5.41, 5.74) is 0. The van der Waals surface area contributed by atoms with Gasteiger partial charge in [-0.1, -0.05) is 45.4 Å². The standard InChI is InChI=1S/C11H20N/c1-3-4-5-6-7-8-9-11(2)10-12/h11H,2-9H2,1H3. The average Bonchev–Trinajstić information content (AvgIpc) is 2.10. The lowest BCUT2D eigenvalue weighted by Gasteiger charge is -2.01. The first-order valence-corrected chi connectivity index (χ1v) is 5.04. The number of nitriles is 1. The fraction of sp³-hybridized carbons (Fsp3) is 0.818. The monoisotopic (exact) mass is 166 g/mol. The number of hydrogen-bond acceptors (Lipinski definition) is 1. The molecule has 1 nitrogen and oxygen atoms in total. The van der Waals surface area contributed by atoms with E-state index in [1.807, 2.05) is 0 Å². The maximum absolute atomic E-state index is 8.46. The van der Waals surface area contributed by atoms with Crippen molar-refractivity contribution in [3.8, 4) is 6.07 Å². The topological polar surface area (TPSA) is 23.8 Å². The lowest BCUT2D eigenvalue weighted by Crippen LogP contribution is -1.89. The second-order valence-corrected chi connectivity index (χ2v) is 3.38. The highest BCUT2D eigenvalue weighted by Gasteiger charge is 1.97. The number of hydrogen-bond donors (Lipinski definition) is 0. The maximum Gasteiger partial charge on any atom is 0.0655 e. The Bertz CT molecular complexity index is 123. The molecule has 0 N–H and O–H groups in total. The van der Waals surface area contributed by atoms with Crippen molar-refractivity contribution in [3.05, 3.63) is 6.92 Å². The van der Waals surface area contributed by atoms with Crippen molar-refractivity contribution in [1.29, 1.82) is 5.26 Å². The Labute approximate surface area is 76.8 Å². The molecular formula is C11H20N. The van der Waals surface area contributed by atoms with E-state index in [2.05, 4.69) is 19.9 Å². The molecule has 1 heteroatoms. The van der Waals surface area contributed by atoms with Crippen molar-refractivity contribution in [1.82, 2.24) is 0 Å². The summed E-state index contributed by atoms with van der Waals surface area (Å²) >= 11 is 0. The third-order valence-corrected chi connectivity index (χ3v) is 2.09. The Balaban J connectivity index is 2.96. The van der Waals surface area contributed by atoms with E-state index in [0.717, 1.165) is 6.42 Å². The molecule has 1 radical (unpaired) electrons. The van der Waals surface area contributed by atoms with Gasteiger partial charge in [-0.15, -0.1) is 0 Å². The van der Waals surface area contributed by atoms with Crippen LogP contribution in [0.5, 0.6) is 0 Å². The largest absolute Gasteiger partial charge is 0.198 e. The molecule has 0 aromatic carbocycles. The van der Waals surface area contributed by atoms with Gasteiger partial charge in [-0.2, -0.15) is 5.26 Å². The van der Waals surface area contributed by atoms with E-state index in [9.17, 15) is 0 Å². The van der Waals surface area contributed by atoms with Crippen molar-refractivity contribution in [3.63, 3.8) is 0 Å². The van der Waals surface area contributed by atoms with E-state index < -0.39 is 0 Å². The van der Waals surface area contributed by atoms with Gasteiger partial charge in [-0.3, -0.25) is 0 Å². The highest BCUT2D eigenvalue weighted by atomic mass is 14.3. The summed E-state index contributed by atoms with van der Waals surface area (Å²) in [5.74, 6) is 0.0103. The quantitative estimate of drug-likeness (QED) is 0.529. The summed E-state index contributed by atoms with van der Waals surface area (Å²) in [7, 11) is 0. The van der Waals surface area contributed by atoms with Crippen molar-refractivity contribution in [2.75, 3.05) is 0 Å². The predicted octanol–water partition coefficient (Wildman–Crippen LogP) is 3.71. The van der Waals surface area contributed by atoms with Gasteiger partial charge in [-0.05, 0) is 13.3 Å². The molecule has 0 amide bonds. The molecule has 0 spiro atoms. The van der Waals surface area contributed by atoms with Crippen LogP contribution in [-0.4, -0.2) is 0 Å². The van der Waals surface area contributed by atoms with Crippen LogP contribution < -0.4 is 0 Å². The SMILES string of the molecule is [CH2]C(C#N)CCCCCCCC. The van der Waals surface area contributed by atoms with Crippen LogP contribution in [0.1, 0.15) is 51.9 Å². The Kier molecular flexibility index (Phi) is 8.22. The third kappa shape index (κ3) is 7.60. The molecular weight excluding hydrogens is 146 g/mol. The minimum Gasteiger partial charge on any atom is -0.198 e. The molecule has 1 atom stereocenters. The summed E-state index contributed by atoms with van der Waals surface area (Å²) in [5, 5.41) is 8.46. The van der Waals surface area contributed by atoms with Crippen molar-refractivity contribution >= 4 is 0 Å². The minimum absolute atomic E-state index is 0.0103. The Morgan fingerprint density at radius 2 is 1.75 bits per heavy atom. The van der Waals surface area contributed by atoms with Gasteiger partial charge < -0.3 is 0 Å². The smallest absolute Gasteiger partial charge is 0.0655 e. The fourth-order valence-corrected chi connectivity index (χ4v) is 1.24. The van der Waals surface area contributed by atoms with E-state index in [1.54, 1.807) is 0 Å². The zero-order valence-corrected chi connectivity index (χ0v) is 8.18. The molecule has 12 heavy (non-hydrogen) atoms. The molecule has 0 saturated heterocycles. The number of nitrogens with zero attached hydrogens (tertiary/aromatic N) is 1.